The van der Waals surface area contributed by atoms with Gasteiger partial charge in [-0.15, -0.1) is 0 Å². The van der Waals surface area contributed by atoms with Gasteiger partial charge in [-0.3, -0.25) is 9.98 Å². The normalized spacial score (nSPS) is 11.7. The molecular formula is C35H47Cl3FeN3. The second kappa shape index (κ2) is 18.2. The monoisotopic (exact) mass is 670 g/mol. The molecular weight excluding hydrogens is 625 g/mol. The van der Waals surface area contributed by atoms with Crippen LogP contribution in [-0.2, 0) is 17.1 Å². The first-order chi connectivity index (χ1) is 17.8. The van der Waals surface area contributed by atoms with Gasteiger partial charge in [0.15, 0.2) is 0 Å². The predicted molar refractivity (Wildman–Crippen MR) is 167 cm³/mol. The number of aryl methyl sites for hydroxylation is 2. The molecule has 0 spiro atoms. The summed E-state index contributed by atoms with van der Waals surface area (Å²) in [5.74, 6) is 1.58. The fraction of sp³-hybridized carbons (Fsp3) is 0.457. The Kier molecular flexibility index (Phi) is 18.4. The van der Waals surface area contributed by atoms with E-state index >= 15 is 0 Å². The van der Waals surface area contributed by atoms with E-state index in [9.17, 15) is 0 Å². The molecule has 1 radical (unpaired) electrons. The summed E-state index contributed by atoms with van der Waals surface area (Å²) in [5.41, 5.74) is 13.6. The molecule has 0 aliphatic carbocycles. The summed E-state index contributed by atoms with van der Waals surface area (Å²) in [6, 6.07) is 15.3. The fourth-order valence-corrected chi connectivity index (χ4v) is 4.98. The number of benzene rings is 2. The molecule has 0 aliphatic rings. The van der Waals surface area contributed by atoms with Crippen molar-refractivity contribution in [1.82, 2.24) is 4.98 Å². The maximum atomic E-state index is 5.20. The van der Waals surface area contributed by atoms with Crippen LogP contribution in [0.4, 0.5) is 11.4 Å². The SMILES string of the molecule is CC(=Nc1c(C(C)C)cc(C)cc1C(C)C)c1cccc(C(C)=Nc2c(C(C)C)cc(C)cc2C(C)C)n1.[Cl-].[Cl-].[Cl-].[Fe+3]. The van der Waals surface area contributed by atoms with Crippen molar-refractivity contribution < 1.29 is 54.3 Å². The molecule has 0 saturated heterocycles. The van der Waals surface area contributed by atoms with E-state index in [1.807, 2.05) is 0 Å². The van der Waals surface area contributed by atoms with Gasteiger partial charge in [-0.2, -0.15) is 0 Å². The van der Waals surface area contributed by atoms with Gasteiger partial charge in [0.05, 0.1) is 34.2 Å². The number of halogens is 3. The molecule has 3 rings (SSSR count). The molecule has 1 aromatic heterocycles. The van der Waals surface area contributed by atoms with Crippen LogP contribution in [0.2, 0.25) is 0 Å². The number of nitrogens with zero attached hydrogens (tertiary/aromatic N) is 3. The number of aromatic nitrogens is 1. The van der Waals surface area contributed by atoms with Gasteiger partial charge in [0, 0.05) is 0 Å². The van der Waals surface area contributed by atoms with E-state index in [4.69, 9.17) is 15.0 Å². The Morgan fingerprint density at radius 2 is 0.810 bits per heavy atom. The third kappa shape index (κ3) is 10.2. The molecule has 0 aliphatic heterocycles. The Balaban J connectivity index is 0. The maximum absolute atomic E-state index is 5.20. The van der Waals surface area contributed by atoms with E-state index in [-0.39, 0.29) is 54.3 Å². The smallest absolute Gasteiger partial charge is 1.00 e. The van der Waals surface area contributed by atoms with Gasteiger partial charge < -0.3 is 37.2 Å². The summed E-state index contributed by atoms with van der Waals surface area (Å²) >= 11 is 0. The van der Waals surface area contributed by atoms with E-state index in [1.54, 1.807) is 0 Å². The van der Waals surface area contributed by atoms with Crippen molar-refractivity contribution >= 4 is 22.8 Å². The van der Waals surface area contributed by atoms with Gasteiger partial charge in [-0.1, -0.05) is 96.8 Å². The third-order valence-electron chi connectivity index (χ3n) is 7.16. The number of pyridine rings is 1. The van der Waals surface area contributed by atoms with Crippen LogP contribution in [0.25, 0.3) is 0 Å². The predicted octanol–water partition coefficient (Wildman–Crippen LogP) is 1.48. The Morgan fingerprint density at radius 1 is 0.548 bits per heavy atom. The zero-order valence-corrected chi connectivity index (χ0v) is 30.6. The first-order valence-corrected chi connectivity index (χ1v) is 14.2. The van der Waals surface area contributed by atoms with Gasteiger partial charge >= 0.3 is 17.1 Å². The van der Waals surface area contributed by atoms with E-state index < -0.39 is 0 Å². The molecule has 0 atom stereocenters. The second-order valence-corrected chi connectivity index (χ2v) is 12.0. The molecule has 0 saturated carbocycles. The minimum Gasteiger partial charge on any atom is -1.00 e. The topological polar surface area (TPSA) is 37.6 Å². The maximum Gasteiger partial charge on any atom is 3.00 e. The van der Waals surface area contributed by atoms with Crippen molar-refractivity contribution in [2.24, 2.45) is 9.98 Å². The zero-order chi connectivity index (χ0) is 28.3. The van der Waals surface area contributed by atoms with E-state index in [0.29, 0.717) is 23.7 Å². The largest absolute Gasteiger partial charge is 3.00 e. The molecule has 231 valence electrons. The van der Waals surface area contributed by atoms with Crippen LogP contribution in [-0.4, -0.2) is 16.4 Å². The molecule has 2 aromatic carbocycles. The Labute approximate surface area is 284 Å². The zero-order valence-electron chi connectivity index (χ0n) is 27.2. The van der Waals surface area contributed by atoms with Gasteiger partial charge in [0.2, 0.25) is 0 Å². The Morgan fingerprint density at radius 3 is 1.05 bits per heavy atom. The Hall–Kier alpha value is -1.68. The third-order valence-corrected chi connectivity index (χ3v) is 7.16. The standard InChI is InChI=1S/C35H47N3.3ClH.Fe/c1-20(2)28-16-24(9)17-29(21(3)4)34(28)36-26(11)32-14-13-15-33(38-32)27(12)37-35-30(22(5)6)18-25(10)19-31(35)23(7)8;;;;/h13-23H,1-12H3;3*1H;/q;;;;+3/p-3. The minimum absolute atomic E-state index is 0. The van der Waals surface area contributed by atoms with E-state index in [1.165, 1.54) is 33.4 Å². The van der Waals surface area contributed by atoms with Gasteiger partial charge in [-0.05, 0) is 85.8 Å². The molecule has 3 nitrogen and oxygen atoms in total. The average Bonchev–Trinajstić information content (AvgIpc) is 2.84. The van der Waals surface area contributed by atoms with Crippen molar-refractivity contribution in [2.75, 3.05) is 0 Å². The molecule has 42 heavy (non-hydrogen) atoms. The number of aliphatic imine (C=N–C) groups is 2. The number of rotatable bonds is 8. The van der Waals surface area contributed by atoms with Crippen LogP contribution in [0.3, 0.4) is 0 Å². The summed E-state index contributed by atoms with van der Waals surface area (Å²) in [5, 5.41) is 0. The van der Waals surface area contributed by atoms with Crippen molar-refractivity contribution in [1.29, 1.82) is 0 Å². The fourth-order valence-electron chi connectivity index (χ4n) is 4.98. The van der Waals surface area contributed by atoms with Crippen LogP contribution in [0, 0.1) is 13.8 Å². The quantitative estimate of drug-likeness (QED) is 0.264. The van der Waals surface area contributed by atoms with Crippen LogP contribution >= 0.6 is 0 Å². The van der Waals surface area contributed by atoms with Gasteiger partial charge in [0.25, 0.3) is 0 Å². The van der Waals surface area contributed by atoms with Crippen LogP contribution in [0.1, 0.15) is 138 Å². The molecule has 0 unspecified atom stereocenters. The molecule has 0 bridgehead atoms. The van der Waals surface area contributed by atoms with E-state index in [2.05, 4.69) is 126 Å². The van der Waals surface area contributed by atoms with Gasteiger partial charge in [0.1, 0.15) is 0 Å². The molecule has 0 fully saturated rings. The first kappa shape index (κ1) is 42.5. The number of hydrogen-bond donors (Lipinski definition) is 0. The van der Waals surface area contributed by atoms with Crippen LogP contribution in [0.5, 0.6) is 0 Å². The summed E-state index contributed by atoms with van der Waals surface area (Å²) in [4.78, 5) is 15.4. The van der Waals surface area contributed by atoms with Crippen molar-refractivity contribution in [3.05, 3.63) is 87.2 Å². The molecule has 3 aromatic rings. The summed E-state index contributed by atoms with van der Waals surface area (Å²) in [6.07, 6.45) is 0. The molecule has 1 heterocycles. The molecule has 7 heteroatoms. The summed E-state index contributed by atoms with van der Waals surface area (Å²) in [7, 11) is 0. The van der Waals surface area contributed by atoms with Crippen molar-refractivity contribution in [2.45, 2.75) is 107 Å². The Bertz CT molecular complexity index is 1220. The first-order valence-electron chi connectivity index (χ1n) is 14.2. The van der Waals surface area contributed by atoms with Crippen molar-refractivity contribution in [3.63, 3.8) is 0 Å². The summed E-state index contributed by atoms with van der Waals surface area (Å²) in [6.45, 7) is 26.4. The number of hydrogen-bond acceptors (Lipinski definition) is 3. The summed E-state index contributed by atoms with van der Waals surface area (Å²) < 4.78 is 0. The molecule has 0 amide bonds. The average molecular weight is 672 g/mol. The molecule has 0 N–H and O–H groups in total. The van der Waals surface area contributed by atoms with Crippen LogP contribution in [0.15, 0.2) is 52.4 Å². The van der Waals surface area contributed by atoms with Crippen molar-refractivity contribution in [3.8, 4) is 0 Å². The minimum atomic E-state index is 0. The van der Waals surface area contributed by atoms with E-state index in [0.717, 1.165) is 34.2 Å². The second-order valence-electron chi connectivity index (χ2n) is 12.0. The van der Waals surface area contributed by atoms with Crippen LogP contribution < -0.4 is 37.2 Å². The van der Waals surface area contributed by atoms with Gasteiger partial charge in [-0.25, -0.2) is 4.98 Å².